The lowest BCUT2D eigenvalue weighted by atomic mass is 9.96. The van der Waals surface area contributed by atoms with Crippen molar-refractivity contribution in [2.75, 3.05) is 26.7 Å². The number of nitrogens with one attached hydrogen (secondary N) is 2. The third-order valence-electron chi connectivity index (χ3n) is 6.55. The summed E-state index contributed by atoms with van der Waals surface area (Å²) in [6, 6.07) is 17.0. The van der Waals surface area contributed by atoms with Crippen LogP contribution in [0.3, 0.4) is 0 Å². The van der Waals surface area contributed by atoms with E-state index in [1.54, 1.807) is 0 Å². The molecule has 1 aliphatic heterocycles. The molecule has 4 rings (SSSR count). The Morgan fingerprint density at radius 1 is 1.10 bits per heavy atom. The molecule has 31 heavy (non-hydrogen) atoms. The Hall–Kier alpha value is -2.08. The second-order valence-corrected chi connectivity index (χ2v) is 9.33. The number of hydrogen-bond donors (Lipinski definition) is 3. The van der Waals surface area contributed by atoms with Crippen molar-refractivity contribution in [2.45, 2.75) is 50.3 Å². The monoisotopic (exact) mass is 440 g/mol. The standard InChI is InChI=1S/C25H33ClN4O/c1-27-24(29-18-25(11-12-25)21-3-2-4-22(26)15-21)28-16-19-5-7-20(8-6-19)17-30-13-9-23(31)10-14-30/h2-8,15,23,31H,9-14,16-18H2,1H3,(H2,27,28,29). The van der Waals surface area contributed by atoms with Gasteiger partial charge in [-0.2, -0.15) is 0 Å². The van der Waals surface area contributed by atoms with E-state index >= 15 is 0 Å². The molecule has 2 fully saturated rings. The molecule has 2 aromatic rings. The van der Waals surface area contributed by atoms with E-state index in [0.29, 0.717) is 0 Å². The molecule has 0 unspecified atom stereocenters. The number of benzene rings is 2. The van der Waals surface area contributed by atoms with Gasteiger partial charge in [-0.15, -0.1) is 0 Å². The topological polar surface area (TPSA) is 59.9 Å². The molecule has 0 aromatic heterocycles. The van der Waals surface area contributed by atoms with Gasteiger partial charge in [0.15, 0.2) is 5.96 Å². The van der Waals surface area contributed by atoms with E-state index in [0.717, 1.165) is 56.5 Å². The van der Waals surface area contributed by atoms with Crippen LogP contribution in [0.4, 0.5) is 0 Å². The van der Waals surface area contributed by atoms with Crippen LogP contribution in [0.5, 0.6) is 0 Å². The van der Waals surface area contributed by atoms with Crippen LogP contribution >= 0.6 is 11.6 Å². The van der Waals surface area contributed by atoms with Gasteiger partial charge in [0.25, 0.3) is 0 Å². The summed E-state index contributed by atoms with van der Waals surface area (Å²) in [6.07, 6.45) is 4.00. The maximum atomic E-state index is 9.65. The van der Waals surface area contributed by atoms with Crippen molar-refractivity contribution >= 4 is 17.6 Å². The minimum atomic E-state index is -0.118. The number of rotatable bonds is 7. The van der Waals surface area contributed by atoms with E-state index in [2.05, 4.69) is 56.9 Å². The highest BCUT2D eigenvalue weighted by atomic mass is 35.5. The summed E-state index contributed by atoms with van der Waals surface area (Å²) < 4.78 is 0. The molecule has 166 valence electrons. The smallest absolute Gasteiger partial charge is 0.191 e. The van der Waals surface area contributed by atoms with Crippen LogP contribution in [0, 0.1) is 0 Å². The van der Waals surface area contributed by atoms with Crippen molar-refractivity contribution in [3.8, 4) is 0 Å². The third-order valence-corrected chi connectivity index (χ3v) is 6.79. The second kappa shape index (κ2) is 10.0. The molecule has 2 aliphatic rings. The fourth-order valence-corrected chi connectivity index (χ4v) is 4.48. The molecule has 1 heterocycles. The number of aliphatic hydroxyl groups is 1. The van der Waals surface area contributed by atoms with E-state index in [9.17, 15) is 5.11 Å². The van der Waals surface area contributed by atoms with E-state index < -0.39 is 0 Å². The number of hydrogen-bond acceptors (Lipinski definition) is 3. The Kier molecular flexibility index (Phi) is 7.16. The van der Waals surface area contributed by atoms with Crippen LogP contribution in [0.15, 0.2) is 53.5 Å². The van der Waals surface area contributed by atoms with Crippen LogP contribution in [0.2, 0.25) is 5.02 Å². The first-order valence-corrected chi connectivity index (χ1v) is 11.6. The van der Waals surface area contributed by atoms with Gasteiger partial charge in [0, 0.05) is 50.2 Å². The van der Waals surface area contributed by atoms with Crippen molar-refractivity contribution in [2.24, 2.45) is 4.99 Å². The molecule has 3 N–H and O–H groups in total. The van der Waals surface area contributed by atoms with Gasteiger partial charge in [-0.25, -0.2) is 0 Å². The quantitative estimate of drug-likeness (QED) is 0.454. The Labute approximate surface area is 190 Å². The summed E-state index contributed by atoms with van der Waals surface area (Å²) in [7, 11) is 1.81. The molecule has 1 aliphatic carbocycles. The molecule has 0 atom stereocenters. The fourth-order valence-electron chi connectivity index (χ4n) is 4.29. The summed E-state index contributed by atoms with van der Waals surface area (Å²) in [5.74, 6) is 0.823. The van der Waals surface area contributed by atoms with Gasteiger partial charge in [0.2, 0.25) is 0 Å². The number of piperidine rings is 1. The summed E-state index contributed by atoms with van der Waals surface area (Å²) in [5.41, 5.74) is 4.03. The molecule has 0 spiro atoms. The van der Waals surface area contributed by atoms with Crippen LogP contribution in [0.25, 0.3) is 0 Å². The normalized spacial score (nSPS) is 19.3. The highest BCUT2D eigenvalue weighted by Crippen LogP contribution is 2.48. The van der Waals surface area contributed by atoms with Crippen molar-refractivity contribution in [3.63, 3.8) is 0 Å². The highest BCUT2D eigenvalue weighted by Gasteiger charge is 2.44. The second-order valence-electron chi connectivity index (χ2n) is 8.89. The number of guanidine groups is 1. The largest absolute Gasteiger partial charge is 0.393 e. The van der Waals surface area contributed by atoms with Gasteiger partial charge in [-0.05, 0) is 54.5 Å². The van der Waals surface area contributed by atoms with Crippen molar-refractivity contribution in [1.29, 1.82) is 0 Å². The van der Waals surface area contributed by atoms with Gasteiger partial charge in [-0.3, -0.25) is 9.89 Å². The molecular formula is C25H33ClN4O. The average molecular weight is 441 g/mol. The van der Waals surface area contributed by atoms with E-state index in [4.69, 9.17) is 11.6 Å². The molecule has 2 aromatic carbocycles. The zero-order chi connectivity index (χ0) is 21.7. The fraction of sp³-hybridized carbons (Fsp3) is 0.480. The van der Waals surface area contributed by atoms with E-state index in [1.807, 2.05) is 19.2 Å². The third kappa shape index (κ3) is 6.00. The Morgan fingerprint density at radius 3 is 2.45 bits per heavy atom. The predicted octanol–water partition coefficient (Wildman–Crippen LogP) is 3.69. The number of aliphatic imine (C=N–C) groups is 1. The van der Waals surface area contributed by atoms with E-state index in [1.165, 1.54) is 29.5 Å². The number of nitrogens with zero attached hydrogens (tertiary/aromatic N) is 2. The first-order valence-electron chi connectivity index (χ1n) is 11.3. The first-order chi connectivity index (χ1) is 15.1. The first kappa shape index (κ1) is 22.1. The van der Waals surface area contributed by atoms with Crippen molar-refractivity contribution in [3.05, 3.63) is 70.2 Å². The molecule has 0 amide bonds. The Morgan fingerprint density at radius 2 is 1.81 bits per heavy atom. The molecule has 0 radical (unpaired) electrons. The molecule has 1 saturated heterocycles. The van der Waals surface area contributed by atoms with Gasteiger partial charge in [0.05, 0.1) is 6.10 Å². The zero-order valence-corrected chi connectivity index (χ0v) is 19.0. The van der Waals surface area contributed by atoms with Gasteiger partial charge in [0.1, 0.15) is 0 Å². The number of halogens is 1. The lowest BCUT2D eigenvalue weighted by Crippen LogP contribution is -2.40. The predicted molar refractivity (Wildman–Crippen MR) is 128 cm³/mol. The molecular weight excluding hydrogens is 408 g/mol. The summed E-state index contributed by atoms with van der Waals surface area (Å²) >= 11 is 6.19. The minimum absolute atomic E-state index is 0.118. The lowest BCUT2D eigenvalue weighted by Gasteiger charge is -2.29. The summed E-state index contributed by atoms with van der Waals surface area (Å²) in [5, 5.41) is 17.4. The maximum absolute atomic E-state index is 9.65. The molecule has 5 nitrogen and oxygen atoms in total. The van der Waals surface area contributed by atoms with Crippen LogP contribution in [0.1, 0.15) is 42.4 Å². The van der Waals surface area contributed by atoms with Gasteiger partial charge in [-0.1, -0.05) is 48.0 Å². The molecule has 6 heteroatoms. The summed E-state index contributed by atoms with van der Waals surface area (Å²) in [4.78, 5) is 6.80. The molecule has 1 saturated carbocycles. The van der Waals surface area contributed by atoms with E-state index in [-0.39, 0.29) is 11.5 Å². The Balaban J connectivity index is 1.24. The SMILES string of the molecule is CN=C(NCc1ccc(CN2CCC(O)CC2)cc1)NCC1(c2cccc(Cl)c2)CC1. The number of aliphatic hydroxyl groups excluding tert-OH is 1. The number of likely N-dealkylation sites (tertiary alicyclic amines) is 1. The Bertz CT molecular complexity index is 887. The van der Waals surface area contributed by atoms with Crippen molar-refractivity contribution in [1.82, 2.24) is 15.5 Å². The highest BCUT2D eigenvalue weighted by molar-refractivity contribution is 6.30. The zero-order valence-electron chi connectivity index (χ0n) is 18.3. The average Bonchev–Trinajstić information content (AvgIpc) is 3.58. The van der Waals surface area contributed by atoms with Crippen LogP contribution in [-0.4, -0.2) is 48.8 Å². The molecule has 0 bridgehead atoms. The maximum Gasteiger partial charge on any atom is 0.191 e. The van der Waals surface area contributed by atoms with Gasteiger partial charge >= 0.3 is 0 Å². The lowest BCUT2D eigenvalue weighted by molar-refractivity contribution is 0.0792. The van der Waals surface area contributed by atoms with Gasteiger partial charge < -0.3 is 15.7 Å². The van der Waals surface area contributed by atoms with Crippen molar-refractivity contribution < 1.29 is 5.11 Å². The van der Waals surface area contributed by atoms with Crippen LogP contribution in [-0.2, 0) is 18.5 Å². The van der Waals surface area contributed by atoms with Crippen LogP contribution < -0.4 is 10.6 Å². The minimum Gasteiger partial charge on any atom is -0.393 e. The summed E-state index contributed by atoms with van der Waals surface area (Å²) in [6.45, 7) is 4.50.